The fourth-order valence-electron chi connectivity index (χ4n) is 6.44. The molecule has 198 valence electrons. The lowest BCUT2D eigenvalue weighted by Gasteiger charge is -2.38. The van der Waals surface area contributed by atoms with Gasteiger partial charge in [-0.15, -0.1) is 0 Å². The highest BCUT2D eigenvalue weighted by Crippen LogP contribution is 2.57. The van der Waals surface area contributed by atoms with Crippen LogP contribution in [0.5, 0.6) is 0 Å². The van der Waals surface area contributed by atoms with E-state index in [-0.39, 0.29) is 38.1 Å². The van der Waals surface area contributed by atoms with E-state index in [9.17, 15) is 19.5 Å². The molecule has 9 heteroatoms. The maximum Gasteiger partial charge on any atom is 0.313 e. The van der Waals surface area contributed by atoms with Crippen molar-refractivity contribution in [3.05, 3.63) is 53.1 Å². The normalized spacial score (nSPS) is 34.5. The van der Waals surface area contributed by atoms with Crippen LogP contribution in [0.2, 0.25) is 5.02 Å². The summed E-state index contributed by atoms with van der Waals surface area (Å²) < 4.78 is 12.4. The van der Waals surface area contributed by atoms with Gasteiger partial charge in [-0.1, -0.05) is 48.0 Å². The number of hydrogen-bond donors (Lipinski definition) is 1. The van der Waals surface area contributed by atoms with Crippen LogP contribution in [-0.2, 0) is 23.9 Å². The number of halogens is 1. The minimum absolute atomic E-state index is 0.141. The van der Waals surface area contributed by atoms with E-state index in [1.165, 1.54) is 4.90 Å². The molecule has 2 saturated heterocycles. The third kappa shape index (κ3) is 4.10. The summed E-state index contributed by atoms with van der Waals surface area (Å²) in [6, 6.07) is 4.41. The number of carbonyl (C=O) groups is 3. The van der Waals surface area contributed by atoms with Crippen LogP contribution in [0, 0.1) is 18.8 Å². The minimum Gasteiger partial charge on any atom is -0.465 e. The molecule has 0 aliphatic carbocycles. The number of cyclic esters (lactones) is 1. The molecule has 8 nitrogen and oxygen atoms in total. The highest BCUT2D eigenvalue weighted by Gasteiger charge is 2.74. The highest BCUT2D eigenvalue weighted by molar-refractivity contribution is 6.34. The van der Waals surface area contributed by atoms with Gasteiger partial charge in [0, 0.05) is 19.7 Å². The molecule has 4 heterocycles. The molecule has 4 aliphatic heterocycles. The third-order valence-electron chi connectivity index (χ3n) is 8.02. The summed E-state index contributed by atoms with van der Waals surface area (Å²) in [6.45, 7) is 4.21. The van der Waals surface area contributed by atoms with E-state index in [0.29, 0.717) is 17.1 Å². The third-order valence-corrected chi connectivity index (χ3v) is 8.32. The van der Waals surface area contributed by atoms with Crippen molar-refractivity contribution in [3.63, 3.8) is 0 Å². The Kier molecular flexibility index (Phi) is 6.94. The molecule has 2 fully saturated rings. The van der Waals surface area contributed by atoms with Gasteiger partial charge in [0.15, 0.2) is 0 Å². The Morgan fingerprint density at radius 2 is 1.92 bits per heavy atom. The number of aryl methyl sites for hydroxylation is 1. The van der Waals surface area contributed by atoms with Crippen LogP contribution in [0.25, 0.3) is 0 Å². The Bertz CT molecular complexity index is 1150. The number of amides is 2. The predicted molar refractivity (Wildman–Crippen MR) is 138 cm³/mol. The minimum atomic E-state index is -1.37. The quantitative estimate of drug-likeness (QED) is 0.476. The number of esters is 1. The van der Waals surface area contributed by atoms with Gasteiger partial charge in [-0.2, -0.15) is 0 Å². The molecule has 2 amide bonds. The molecule has 0 radical (unpaired) electrons. The zero-order valence-electron chi connectivity index (χ0n) is 21.2. The summed E-state index contributed by atoms with van der Waals surface area (Å²) in [4.78, 5) is 45.0. The first-order valence-electron chi connectivity index (χ1n) is 13.0. The summed E-state index contributed by atoms with van der Waals surface area (Å²) in [5.74, 6) is -3.02. The number of rotatable bonds is 4. The first kappa shape index (κ1) is 25.9. The van der Waals surface area contributed by atoms with Gasteiger partial charge in [0.2, 0.25) is 5.91 Å². The Labute approximate surface area is 221 Å². The van der Waals surface area contributed by atoms with Gasteiger partial charge in [-0.25, -0.2) is 0 Å². The van der Waals surface area contributed by atoms with Crippen LogP contribution in [0.3, 0.4) is 0 Å². The van der Waals surface area contributed by atoms with Gasteiger partial charge in [0.1, 0.15) is 17.6 Å². The number of carbonyl (C=O) groups excluding carboxylic acids is 3. The van der Waals surface area contributed by atoms with Crippen molar-refractivity contribution in [1.29, 1.82) is 0 Å². The second kappa shape index (κ2) is 9.89. The molecule has 0 saturated carbocycles. The smallest absolute Gasteiger partial charge is 0.313 e. The number of para-hydroxylation sites is 1. The number of ether oxygens (including phenoxy) is 2. The maximum absolute atomic E-state index is 14.4. The van der Waals surface area contributed by atoms with E-state index in [1.807, 2.05) is 37.3 Å². The van der Waals surface area contributed by atoms with Gasteiger partial charge < -0.3 is 24.4 Å². The average Bonchev–Trinajstić information content (AvgIpc) is 3.18. The molecule has 37 heavy (non-hydrogen) atoms. The lowest BCUT2D eigenvalue weighted by Crippen LogP contribution is -2.56. The van der Waals surface area contributed by atoms with Crippen LogP contribution in [0.4, 0.5) is 5.69 Å². The summed E-state index contributed by atoms with van der Waals surface area (Å²) in [5, 5.41) is 9.98. The molecular formula is C28H33ClN2O6. The van der Waals surface area contributed by atoms with Crippen LogP contribution < -0.4 is 4.90 Å². The molecule has 4 aliphatic rings. The molecular weight excluding hydrogens is 496 g/mol. The molecule has 1 N–H and O–H groups in total. The molecule has 5 rings (SSSR count). The van der Waals surface area contributed by atoms with Crippen LogP contribution >= 0.6 is 11.6 Å². The molecule has 1 aromatic carbocycles. The monoisotopic (exact) mass is 528 g/mol. The Hall–Kier alpha value is -2.68. The van der Waals surface area contributed by atoms with Crippen molar-refractivity contribution < 1.29 is 29.0 Å². The molecule has 5 atom stereocenters. The summed E-state index contributed by atoms with van der Waals surface area (Å²) in [7, 11) is 0. The van der Waals surface area contributed by atoms with E-state index in [0.717, 1.165) is 24.8 Å². The Balaban J connectivity index is 1.65. The summed E-state index contributed by atoms with van der Waals surface area (Å²) in [5.41, 5.74) is -1.09. The second-order valence-corrected chi connectivity index (χ2v) is 10.8. The first-order valence-corrected chi connectivity index (χ1v) is 13.3. The van der Waals surface area contributed by atoms with Crippen LogP contribution in [-0.4, -0.2) is 71.3 Å². The molecule has 0 bridgehead atoms. The molecule has 1 aromatic rings. The van der Waals surface area contributed by atoms with Crippen LogP contribution in [0.1, 0.15) is 38.2 Å². The number of fused-ring (bicyclic) bond motifs is 2. The number of anilines is 1. The lowest BCUT2D eigenvalue weighted by molar-refractivity contribution is -0.158. The van der Waals surface area contributed by atoms with E-state index in [4.69, 9.17) is 21.1 Å². The predicted octanol–water partition coefficient (Wildman–Crippen LogP) is 3.19. The van der Waals surface area contributed by atoms with E-state index >= 15 is 0 Å². The Morgan fingerprint density at radius 3 is 2.68 bits per heavy atom. The molecule has 0 aromatic heterocycles. The second-order valence-electron chi connectivity index (χ2n) is 10.4. The zero-order chi connectivity index (χ0) is 26.4. The SMILES string of the molecule is Cc1cccc(Cl)c1N1CC=C[C@]23O[C@@]4(C)/C=C\CCCCOC(=O)[C@H]4[C@H]2C(=O)N(CCCO)C3C1=O. The van der Waals surface area contributed by atoms with Gasteiger partial charge in [-0.3, -0.25) is 14.4 Å². The Morgan fingerprint density at radius 1 is 1.11 bits per heavy atom. The number of aliphatic hydroxyl groups is 1. The van der Waals surface area contributed by atoms with Crippen molar-refractivity contribution in [2.24, 2.45) is 11.8 Å². The van der Waals surface area contributed by atoms with Crippen LogP contribution in [0.15, 0.2) is 42.5 Å². The zero-order valence-corrected chi connectivity index (χ0v) is 21.9. The fourth-order valence-corrected chi connectivity index (χ4v) is 6.77. The first-order chi connectivity index (χ1) is 17.7. The molecule has 1 unspecified atom stereocenters. The largest absolute Gasteiger partial charge is 0.465 e. The van der Waals surface area contributed by atoms with E-state index in [2.05, 4.69) is 0 Å². The number of benzene rings is 1. The average molecular weight is 529 g/mol. The van der Waals surface area contributed by atoms with Gasteiger partial charge in [0.25, 0.3) is 5.91 Å². The summed E-state index contributed by atoms with van der Waals surface area (Å²) in [6.07, 6.45) is 10.2. The number of hydrogen-bond acceptors (Lipinski definition) is 6. The number of aliphatic hydroxyl groups excluding tert-OH is 1. The number of nitrogens with zero attached hydrogens (tertiary/aromatic N) is 2. The lowest BCUT2D eigenvalue weighted by atomic mass is 9.74. The molecule has 1 spiro atoms. The van der Waals surface area contributed by atoms with Gasteiger partial charge >= 0.3 is 5.97 Å². The van der Waals surface area contributed by atoms with Crippen molar-refractivity contribution in [1.82, 2.24) is 4.90 Å². The summed E-state index contributed by atoms with van der Waals surface area (Å²) >= 11 is 6.56. The topological polar surface area (TPSA) is 96.4 Å². The maximum atomic E-state index is 14.4. The number of likely N-dealkylation sites (tertiary alicyclic amines) is 1. The highest BCUT2D eigenvalue weighted by atomic mass is 35.5. The van der Waals surface area contributed by atoms with E-state index < -0.39 is 35.0 Å². The van der Waals surface area contributed by atoms with Crippen molar-refractivity contribution >= 4 is 35.1 Å². The van der Waals surface area contributed by atoms with Gasteiger partial charge in [0.05, 0.1) is 28.8 Å². The standard InChI is InChI=1S/C28H33ClN2O6/c1-18-10-7-11-19(29)22(18)30-14-8-13-28-20(24(33)31(15-9-16-32)23(28)25(30)34)21-26(35)36-17-6-4-3-5-12-27(21,2)37-28/h5,7-8,10-13,20-21,23,32H,3-4,6,9,14-17H2,1-2H3/b12-5-/t20-,21+,23?,27-,28-/m0/s1. The van der Waals surface area contributed by atoms with Crippen molar-refractivity contribution in [2.75, 3.05) is 31.2 Å². The van der Waals surface area contributed by atoms with Gasteiger partial charge in [-0.05, 0) is 51.2 Å². The number of allylic oxidation sites excluding steroid dienone is 1. The fraction of sp³-hybridized carbons (Fsp3) is 0.536. The van der Waals surface area contributed by atoms with E-state index in [1.54, 1.807) is 24.0 Å². The van der Waals surface area contributed by atoms with Crippen molar-refractivity contribution in [2.45, 2.75) is 56.8 Å². The van der Waals surface area contributed by atoms with Crippen molar-refractivity contribution in [3.8, 4) is 0 Å².